The fourth-order valence-electron chi connectivity index (χ4n) is 3.84. The first-order chi connectivity index (χ1) is 14.5. The number of nitrogens with one attached hydrogen (secondary N) is 1. The van der Waals surface area contributed by atoms with E-state index in [9.17, 15) is 0 Å². The summed E-state index contributed by atoms with van der Waals surface area (Å²) in [4.78, 5) is 13.7. The number of hydrogen-bond donors (Lipinski definition) is 2. The molecule has 2 heterocycles. The van der Waals surface area contributed by atoms with Gasteiger partial charge in [0, 0.05) is 18.8 Å². The number of guanidine groups is 2. The Morgan fingerprint density at radius 3 is 2.37 bits per heavy atom. The van der Waals surface area contributed by atoms with Gasteiger partial charge in [0.25, 0.3) is 0 Å². The van der Waals surface area contributed by atoms with Gasteiger partial charge in [0.2, 0.25) is 18.2 Å². The Morgan fingerprint density at radius 2 is 1.63 bits per heavy atom. The summed E-state index contributed by atoms with van der Waals surface area (Å²) in [6.07, 6.45) is -0.402. The van der Waals surface area contributed by atoms with Gasteiger partial charge in [0.1, 0.15) is 0 Å². The highest BCUT2D eigenvalue weighted by Gasteiger charge is 2.33. The second kappa shape index (κ2) is 8.36. The molecule has 158 valence electrons. The first-order valence-electron chi connectivity index (χ1n) is 10.4. The minimum atomic E-state index is -0.402. The molecule has 0 spiro atoms. The average Bonchev–Trinajstić information content (AvgIpc) is 2.74. The number of aryl methyl sites for hydroxylation is 2. The highest BCUT2D eigenvalue weighted by Crippen LogP contribution is 2.30. The fourth-order valence-corrected chi connectivity index (χ4v) is 3.84. The molecule has 0 aromatic heterocycles. The second-order valence-corrected chi connectivity index (χ2v) is 7.85. The molecule has 1 saturated heterocycles. The molecule has 1 unspecified atom stereocenters. The van der Waals surface area contributed by atoms with Crippen LogP contribution in [0.25, 0.3) is 0 Å². The summed E-state index contributed by atoms with van der Waals surface area (Å²) in [5.74, 6) is 1.09. The van der Waals surface area contributed by atoms with Gasteiger partial charge in [-0.25, -0.2) is 4.99 Å². The van der Waals surface area contributed by atoms with Gasteiger partial charge in [0.05, 0.1) is 18.9 Å². The molecule has 30 heavy (non-hydrogen) atoms. The number of ether oxygens (including phenoxy) is 1. The lowest BCUT2D eigenvalue weighted by Crippen LogP contribution is -2.57. The number of morpholine rings is 1. The largest absolute Gasteiger partial charge is 0.378 e. The average molecular weight is 407 g/mol. The molecule has 4 rings (SSSR count). The van der Waals surface area contributed by atoms with Gasteiger partial charge in [0.15, 0.2) is 0 Å². The summed E-state index contributed by atoms with van der Waals surface area (Å²) in [6.45, 7) is 11.4. The van der Waals surface area contributed by atoms with Gasteiger partial charge in [-0.3, -0.25) is 4.90 Å². The Morgan fingerprint density at radius 1 is 0.967 bits per heavy atom. The standard InChI is InChI=1S/C23H30N6O/c1-15-7-5-9-19(17(15)3)25-22-26-21(24)27-23(28-11-13-30-14-12-28)29(22)20-10-6-8-16(2)18(20)4/h5-10,22,25H,11-14H2,1-4H3,(H2,24,26). The van der Waals surface area contributed by atoms with Crippen LogP contribution in [0.2, 0.25) is 0 Å². The van der Waals surface area contributed by atoms with E-state index in [0.717, 1.165) is 30.4 Å². The molecule has 7 heteroatoms. The maximum atomic E-state index is 6.19. The summed E-state index contributed by atoms with van der Waals surface area (Å²) in [5.41, 5.74) is 13.1. The summed E-state index contributed by atoms with van der Waals surface area (Å²) >= 11 is 0. The molecular formula is C23H30N6O. The Labute approximate surface area is 178 Å². The van der Waals surface area contributed by atoms with Crippen LogP contribution in [-0.4, -0.2) is 49.4 Å². The SMILES string of the molecule is Cc1cccc(NC2N=C(N)N=C(N3CCOCC3)N2c2cccc(C)c2C)c1C. The summed E-state index contributed by atoms with van der Waals surface area (Å²) in [7, 11) is 0. The summed E-state index contributed by atoms with van der Waals surface area (Å²) in [6, 6.07) is 12.6. The molecule has 2 aliphatic rings. The van der Waals surface area contributed by atoms with Crippen molar-refractivity contribution < 1.29 is 4.74 Å². The molecule has 7 nitrogen and oxygen atoms in total. The van der Waals surface area contributed by atoms with E-state index in [4.69, 9.17) is 10.5 Å². The van der Waals surface area contributed by atoms with E-state index in [1.54, 1.807) is 0 Å². The molecule has 0 aliphatic carbocycles. The molecule has 2 aliphatic heterocycles. The van der Waals surface area contributed by atoms with Crippen LogP contribution >= 0.6 is 0 Å². The smallest absolute Gasteiger partial charge is 0.222 e. The van der Waals surface area contributed by atoms with Gasteiger partial charge in [-0.1, -0.05) is 24.3 Å². The van der Waals surface area contributed by atoms with Crippen LogP contribution in [0.3, 0.4) is 0 Å². The van der Waals surface area contributed by atoms with Crippen molar-refractivity contribution in [3.05, 3.63) is 58.7 Å². The van der Waals surface area contributed by atoms with Crippen LogP contribution in [0.1, 0.15) is 22.3 Å². The first kappa shape index (κ1) is 20.2. The zero-order chi connectivity index (χ0) is 21.3. The molecule has 1 atom stereocenters. The summed E-state index contributed by atoms with van der Waals surface area (Å²) < 4.78 is 5.56. The van der Waals surface area contributed by atoms with Crippen molar-refractivity contribution in [2.24, 2.45) is 15.7 Å². The maximum absolute atomic E-state index is 6.19. The predicted octanol–water partition coefficient (Wildman–Crippen LogP) is 3.14. The van der Waals surface area contributed by atoms with Crippen LogP contribution < -0.4 is 16.0 Å². The third kappa shape index (κ3) is 3.85. The number of anilines is 2. The molecule has 0 bridgehead atoms. The van der Waals surface area contributed by atoms with Crippen molar-refractivity contribution in [2.75, 3.05) is 36.5 Å². The van der Waals surface area contributed by atoms with Crippen molar-refractivity contribution in [3.8, 4) is 0 Å². The minimum Gasteiger partial charge on any atom is -0.378 e. The molecule has 1 fully saturated rings. The van der Waals surface area contributed by atoms with E-state index < -0.39 is 6.29 Å². The maximum Gasteiger partial charge on any atom is 0.222 e. The lowest BCUT2D eigenvalue weighted by Gasteiger charge is -2.41. The van der Waals surface area contributed by atoms with Gasteiger partial charge in [-0.15, -0.1) is 0 Å². The Balaban J connectivity index is 1.79. The third-order valence-corrected chi connectivity index (χ3v) is 5.95. The number of aliphatic imine (C=N–C) groups is 2. The lowest BCUT2D eigenvalue weighted by molar-refractivity contribution is 0.0671. The Hall–Kier alpha value is -3.06. The minimum absolute atomic E-state index is 0.279. The number of nitrogens with zero attached hydrogens (tertiary/aromatic N) is 4. The van der Waals surface area contributed by atoms with Gasteiger partial charge < -0.3 is 20.7 Å². The zero-order valence-electron chi connectivity index (χ0n) is 18.1. The van der Waals surface area contributed by atoms with Gasteiger partial charge in [-0.05, 0) is 62.1 Å². The quantitative estimate of drug-likeness (QED) is 0.819. The second-order valence-electron chi connectivity index (χ2n) is 7.85. The molecule has 2 aromatic carbocycles. The van der Waals surface area contributed by atoms with Crippen molar-refractivity contribution in [2.45, 2.75) is 34.0 Å². The number of nitrogens with two attached hydrogens (primary N) is 1. The van der Waals surface area contributed by atoms with Crippen molar-refractivity contribution in [3.63, 3.8) is 0 Å². The van der Waals surface area contributed by atoms with Crippen molar-refractivity contribution in [1.82, 2.24) is 4.90 Å². The molecule has 0 radical (unpaired) electrons. The van der Waals surface area contributed by atoms with Crippen LogP contribution in [0.4, 0.5) is 11.4 Å². The van der Waals surface area contributed by atoms with Crippen molar-refractivity contribution >= 4 is 23.3 Å². The number of hydrogen-bond acceptors (Lipinski definition) is 7. The van der Waals surface area contributed by atoms with E-state index in [1.165, 1.54) is 22.3 Å². The fraction of sp³-hybridized carbons (Fsp3) is 0.391. The summed E-state index contributed by atoms with van der Waals surface area (Å²) in [5, 5.41) is 3.60. The topological polar surface area (TPSA) is 78.5 Å². The van der Waals surface area contributed by atoms with E-state index in [-0.39, 0.29) is 5.96 Å². The number of rotatable bonds is 3. The van der Waals surface area contributed by atoms with Crippen LogP contribution in [0.15, 0.2) is 46.4 Å². The van der Waals surface area contributed by atoms with E-state index >= 15 is 0 Å². The molecular weight excluding hydrogens is 376 g/mol. The number of benzene rings is 2. The molecule has 3 N–H and O–H groups in total. The predicted molar refractivity (Wildman–Crippen MR) is 123 cm³/mol. The van der Waals surface area contributed by atoms with E-state index in [0.29, 0.717) is 13.2 Å². The molecule has 0 amide bonds. The highest BCUT2D eigenvalue weighted by molar-refractivity contribution is 6.06. The van der Waals surface area contributed by atoms with E-state index in [2.05, 4.69) is 89.2 Å². The van der Waals surface area contributed by atoms with Gasteiger partial charge >= 0.3 is 0 Å². The van der Waals surface area contributed by atoms with Crippen LogP contribution in [-0.2, 0) is 4.74 Å². The van der Waals surface area contributed by atoms with Crippen molar-refractivity contribution in [1.29, 1.82) is 0 Å². The normalized spacial score (nSPS) is 19.4. The highest BCUT2D eigenvalue weighted by atomic mass is 16.5. The Kier molecular flexibility index (Phi) is 5.63. The zero-order valence-corrected chi connectivity index (χ0v) is 18.1. The Bertz CT molecular complexity index is 993. The monoisotopic (exact) mass is 406 g/mol. The molecule has 2 aromatic rings. The van der Waals surface area contributed by atoms with E-state index in [1.807, 2.05) is 0 Å². The lowest BCUT2D eigenvalue weighted by atomic mass is 10.1. The third-order valence-electron chi connectivity index (χ3n) is 5.95. The van der Waals surface area contributed by atoms with Crippen LogP contribution in [0, 0.1) is 27.7 Å². The molecule has 0 saturated carbocycles. The van der Waals surface area contributed by atoms with Crippen LogP contribution in [0.5, 0.6) is 0 Å². The first-order valence-corrected chi connectivity index (χ1v) is 10.4. The van der Waals surface area contributed by atoms with Gasteiger partial charge in [-0.2, -0.15) is 4.99 Å².